The quantitative estimate of drug-likeness (QED) is 0.740. The van der Waals surface area contributed by atoms with Crippen LogP contribution in [0.5, 0.6) is 0 Å². The molecule has 25 heavy (non-hydrogen) atoms. The average Bonchev–Trinajstić information content (AvgIpc) is 2.56. The highest BCUT2D eigenvalue weighted by atomic mass is 79.9. The highest BCUT2D eigenvalue weighted by Crippen LogP contribution is 2.22. The fourth-order valence-corrected chi connectivity index (χ4v) is 3.09. The minimum atomic E-state index is -0.410. The molecule has 2 rings (SSSR count). The van der Waals surface area contributed by atoms with Gasteiger partial charge in [0.1, 0.15) is 0 Å². The molecule has 4 nitrogen and oxygen atoms in total. The SMILES string of the molecule is Cc1ccc(CC(=O)OCC(=O)N[C@@H](C)c2ccccc2Br)cc1C. The zero-order valence-electron chi connectivity index (χ0n) is 14.6. The van der Waals surface area contributed by atoms with Gasteiger partial charge < -0.3 is 10.1 Å². The molecule has 2 aromatic carbocycles. The van der Waals surface area contributed by atoms with Crippen molar-refractivity contribution in [1.82, 2.24) is 5.32 Å². The maximum atomic E-state index is 12.0. The number of hydrogen-bond donors (Lipinski definition) is 1. The normalized spacial score (nSPS) is 11.7. The number of nitrogens with one attached hydrogen (secondary N) is 1. The predicted octanol–water partition coefficient (Wildman–Crippen LogP) is 4.03. The Morgan fingerprint density at radius 3 is 2.52 bits per heavy atom. The topological polar surface area (TPSA) is 55.4 Å². The van der Waals surface area contributed by atoms with Gasteiger partial charge in [0.05, 0.1) is 12.5 Å². The lowest BCUT2D eigenvalue weighted by Crippen LogP contribution is -2.31. The Bertz CT molecular complexity index is 773. The smallest absolute Gasteiger partial charge is 0.310 e. The number of carbonyl (C=O) groups is 2. The van der Waals surface area contributed by atoms with Crippen molar-refractivity contribution in [3.63, 3.8) is 0 Å². The third-order valence-corrected chi connectivity index (χ3v) is 4.76. The van der Waals surface area contributed by atoms with Crippen molar-refractivity contribution >= 4 is 27.8 Å². The van der Waals surface area contributed by atoms with Crippen LogP contribution in [0.1, 0.15) is 35.2 Å². The summed E-state index contributed by atoms with van der Waals surface area (Å²) < 4.78 is 6.01. The van der Waals surface area contributed by atoms with Crippen LogP contribution >= 0.6 is 15.9 Å². The van der Waals surface area contributed by atoms with Crippen LogP contribution in [0.25, 0.3) is 0 Å². The van der Waals surface area contributed by atoms with Crippen LogP contribution in [0.4, 0.5) is 0 Å². The summed E-state index contributed by atoms with van der Waals surface area (Å²) in [4.78, 5) is 23.9. The molecule has 0 heterocycles. The molecule has 0 bridgehead atoms. The highest BCUT2D eigenvalue weighted by molar-refractivity contribution is 9.10. The third-order valence-electron chi connectivity index (χ3n) is 4.03. The predicted molar refractivity (Wildman–Crippen MR) is 101 cm³/mol. The number of halogens is 1. The monoisotopic (exact) mass is 403 g/mol. The Kier molecular flexibility index (Phi) is 6.76. The van der Waals surface area contributed by atoms with E-state index in [9.17, 15) is 9.59 Å². The summed E-state index contributed by atoms with van der Waals surface area (Å²) in [6, 6.07) is 13.3. The number of amides is 1. The van der Waals surface area contributed by atoms with Gasteiger partial charge in [-0.15, -0.1) is 0 Å². The van der Waals surface area contributed by atoms with Crippen molar-refractivity contribution in [2.75, 3.05) is 6.61 Å². The van der Waals surface area contributed by atoms with Gasteiger partial charge in [-0.3, -0.25) is 9.59 Å². The molecular formula is C20H22BrNO3. The Labute approximate surface area is 156 Å². The lowest BCUT2D eigenvalue weighted by Gasteiger charge is -2.16. The van der Waals surface area contributed by atoms with Crippen LogP contribution in [0.2, 0.25) is 0 Å². The van der Waals surface area contributed by atoms with Crippen LogP contribution in [-0.4, -0.2) is 18.5 Å². The van der Waals surface area contributed by atoms with Crippen LogP contribution in [0.15, 0.2) is 46.9 Å². The number of carbonyl (C=O) groups excluding carboxylic acids is 2. The number of rotatable bonds is 6. The van der Waals surface area contributed by atoms with Crippen molar-refractivity contribution in [3.05, 3.63) is 69.2 Å². The molecule has 0 aliphatic rings. The van der Waals surface area contributed by atoms with Gasteiger partial charge in [-0.2, -0.15) is 0 Å². The van der Waals surface area contributed by atoms with Crippen molar-refractivity contribution in [2.24, 2.45) is 0 Å². The lowest BCUT2D eigenvalue weighted by molar-refractivity contribution is -0.148. The van der Waals surface area contributed by atoms with E-state index in [1.54, 1.807) is 0 Å². The van der Waals surface area contributed by atoms with Gasteiger partial charge in [-0.05, 0) is 49.1 Å². The van der Waals surface area contributed by atoms with E-state index in [1.807, 2.05) is 63.2 Å². The molecule has 5 heteroatoms. The first-order valence-electron chi connectivity index (χ1n) is 8.12. The number of esters is 1. The summed E-state index contributed by atoms with van der Waals surface area (Å²) in [7, 11) is 0. The van der Waals surface area contributed by atoms with Gasteiger partial charge in [0.25, 0.3) is 5.91 Å². The molecule has 1 amide bonds. The summed E-state index contributed by atoms with van der Waals surface area (Å²) in [5.74, 6) is -0.733. The summed E-state index contributed by atoms with van der Waals surface area (Å²) in [6.45, 7) is 5.63. The molecule has 0 saturated carbocycles. The molecule has 0 radical (unpaired) electrons. The van der Waals surface area contributed by atoms with E-state index in [2.05, 4.69) is 21.2 Å². The van der Waals surface area contributed by atoms with Crippen molar-refractivity contribution in [2.45, 2.75) is 33.2 Å². The fraction of sp³-hybridized carbons (Fsp3) is 0.300. The summed E-state index contributed by atoms with van der Waals surface area (Å²) >= 11 is 3.46. The van der Waals surface area contributed by atoms with Gasteiger partial charge in [0.15, 0.2) is 6.61 Å². The molecule has 0 fully saturated rings. The van der Waals surface area contributed by atoms with Gasteiger partial charge in [-0.25, -0.2) is 0 Å². The minimum Gasteiger partial charge on any atom is -0.455 e. The zero-order chi connectivity index (χ0) is 18.4. The first kappa shape index (κ1) is 19.2. The van der Waals surface area contributed by atoms with E-state index < -0.39 is 5.97 Å². The second-order valence-corrected chi connectivity index (χ2v) is 6.92. The van der Waals surface area contributed by atoms with Crippen LogP contribution in [0, 0.1) is 13.8 Å². The van der Waals surface area contributed by atoms with Crippen molar-refractivity contribution in [3.8, 4) is 0 Å². The molecule has 2 aromatic rings. The van der Waals surface area contributed by atoms with Gasteiger partial charge >= 0.3 is 5.97 Å². The maximum Gasteiger partial charge on any atom is 0.310 e. The molecule has 0 unspecified atom stereocenters. The summed E-state index contributed by atoms with van der Waals surface area (Å²) in [6.07, 6.45) is 0.161. The third kappa shape index (κ3) is 5.71. The molecule has 0 aromatic heterocycles. The molecule has 0 aliphatic carbocycles. The Morgan fingerprint density at radius 1 is 1.12 bits per heavy atom. The molecule has 1 N–H and O–H groups in total. The number of ether oxygens (including phenoxy) is 1. The van der Waals surface area contributed by atoms with Gasteiger partial charge in [0.2, 0.25) is 0 Å². The van der Waals surface area contributed by atoms with E-state index in [0.29, 0.717) is 0 Å². The molecule has 0 aliphatic heterocycles. The van der Waals surface area contributed by atoms with E-state index in [4.69, 9.17) is 4.74 Å². The first-order valence-corrected chi connectivity index (χ1v) is 8.91. The maximum absolute atomic E-state index is 12.0. The largest absolute Gasteiger partial charge is 0.455 e. The number of benzene rings is 2. The Morgan fingerprint density at radius 2 is 1.84 bits per heavy atom. The fourth-order valence-electron chi connectivity index (χ4n) is 2.46. The second-order valence-electron chi connectivity index (χ2n) is 6.07. The lowest BCUT2D eigenvalue weighted by atomic mass is 10.0. The van der Waals surface area contributed by atoms with Crippen molar-refractivity contribution < 1.29 is 14.3 Å². The summed E-state index contributed by atoms with van der Waals surface area (Å²) in [5.41, 5.74) is 4.16. The van der Waals surface area contributed by atoms with Gasteiger partial charge in [0, 0.05) is 4.47 Å². The molecule has 132 valence electrons. The zero-order valence-corrected chi connectivity index (χ0v) is 16.2. The highest BCUT2D eigenvalue weighted by Gasteiger charge is 2.14. The van der Waals surface area contributed by atoms with E-state index in [0.717, 1.165) is 21.2 Å². The van der Waals surface area contributed by atoms with Gasteiger partial charge in [-0.1, -0.05) is 52.3 Å². The Balaban J connectivity index is 1.82. The molecule has 0 saturated heterocycles. The Hall–Kier alpha value is -2.14. The van der Waals surface area contributed by atoms with E-state index >= 15 is 0 Å². The molecule has 1 atom stereocenters. The average molecular weight is 404 g/mol. The van der Waals surface area contributed by atoms with Crippen LogP contribution < -0.4 is 5.32 Å². The second kappa shape index (κ2) is 8.81. The van der Waals surface area contributed by atoms with E-state index in [-0.39, 0.29) is 25.0 Å². The molecular weight excluding hydrogens is 382 g/mol. The molecule has 0 spiro atoms. The van der Waals surface area contributed by atoms with Crippen LogP contribution in [0.3, 0.4) is 0 Å². The standard InChI is InChI=1S/C20H22BrNO3/c1-13-8-9-16(10-14(13)2)11-20(24)25-12-19(23)22-15(3)17-6-4-5-7-18(17)21/h4-10,15H,11-12H2,1-3H3,(H,22,23)/t15-/m0/s1. The van der Waals surface area contributed by atoms with Crippen molar-refractivity contribution in [1.29, 1.82) is 0 Å². The number of hydrogen-bond acceptors (Lipinski definition) is 3. The van der Waals surface area contributed by atoms with Crippen LogP contribution in [-0.2, 0) is 20.7 Å². The summed E-state index contributed by atoms with van der Waals surface area (Å²) in [5, 5.41) is 2.83. The van der Waals surface area contributed by atoms with E-state index in [1.165, 1.54) is 5.56 Å². The minimum absolute atomic E-state index is 0.161. The first-order chi connectivity index (χ1) is 11.9. The number of aryl methyl sites for hydroxylation is 2.